The molecule has 3 rings (SSSR count). The van der Waals surface area contributed by atoms with E-state index in [-0.39, 0.29) is 11.9 Å². The molecule has 8 heteroatoms. The average molecular weight is 399 g/mol. The summed E-state index contributed by atoms with van der Waals surface area (Å²) in [5.74, 6) is 1.49. The highest BCUT2D eigenvalue weighted by molar-refractivity contribution is 8.39. The molecular formula is C17H22N2O3S3. The maximum Gasteiger partial charge on any atom is 0.341 e. The van der Waals surface area contributed by atoms with Crippen molar-refractivity contribution in [1.82, 2.24) is 0 Å². The average Bonchev–Trinajstić information content (AvgIpc) is 3.19. The Morgan fingerprint density at radius 1 is 1.44 bits per heavy atom. The lowest BCUT2D eigenvalue weighted by Crippen LogP contribution is -2.18. The maximum absolute atomic E-state index is 12.4. The van der Waals surface area contributed by atoms with E-state index in [9.17, 15) is 9.59 Å². The second-order valence-corrected chi connectivity index (χ2v) is 9.52. The van der Waals surface area contributed by atoms with Crippen molar-refractivity contribution in [2.45, 2.75) is 33.1 Å². The van der Waals surface area contributed by atoms with Crippen LogP contribution in [0, 0.1) is 5.92 Å². The number of ether oxygens (including phenoxy) is 1. The van der Waals surface area contributed by atoms with Crippen LogP contribution in [-0.2, 0) is 22.4 Å². The molecule has 0 saturated carbocycles. The molecule has 0 spiro atoms. The minimum absolute atomic E-state index is 0.0996. The molecule has 136 valence electrons. The van der Waals surface area contributed by atoms with Gasteiger partial charge >= 0.3 is 5.97 Å². The molecule has 1 aromatic rings. The fourth-order valence-corrected chi connectivity index (χ4v) is 6.18. The van der Waals surface area contributed by atoms with E-state index < -0.39 is 0 Å². The SMILES string of the molecule is CCOC(=O)c1c(NC(=O)CSC2=NCCS2)sc2c1CC[C@@H](C)C2. The third-order valence-corrected chi connectivity index (χ3v) is 7.55. The van der Waals surface area contributed by atoms with Gasteiger partial charge in [0, 0.05) is 10.6 Å². The zero-order valence-corrected chi connectivity index (χ0v) is 16.9. The van der Waals surface area contributed by atoms with E-state index in [2.05, 4.69) is 17.2 Å². The Labute approximate surface area is 160 Å². The number of anilines is 1. The number of thiophene rings is 1. The molecule has 0 radical (unpaired) electrons. The lowest BCUT2D eigenvalue weighted by Gasteiger charge is -2.18. The smallest absolute Gasteiger partial charge is 0.341 e. The number of hydrogen-bond acceptors (Lipinski definition) is 7. The molecule has 25 heavy (non-hydrogen) atoms. The minimum Gasteiger partial charge on any atom is -0.462 e. The number of carbonyl (C=O) groups is 2. The topological polar surface area (TPSA) is 67.8 Å². The van der Waals surface area contributed by atoms with Crippen LogP contribution in [0.15, 0.2) is 4.99 Å². The predicted octanol–water partition coefficient (Wildman–Crippen LogP) is 3.82. The molecule has 5 nitrogen and oxygen atoms in total. The van der Waals surface area contributed by atoms with Crippen LogP contribution in [0.5, 0.6) is 0 Å². The largest absolute Gasteiger partial charge is 0.462 e. The fraction of sp³-hybridized carbons (Fsp3) is 0.588. The summed E-state index contributed by atoms with van der Waals surface area (Å²) < 4.78 is 6.20. The Hall–Kier alpha value is -0.990. The summed E-state index contributed by atoms with van der Waals surface area (Å²) in [7, 11) is 0. The number of carbonyl (C=O) groups excluding carboxylic acids is 2. The standard InChI is InChI=1S/C17H22N2O3S3/c1-3-22-16(21)14-11-5-4-10(2)8-12(11)25-15(14)19-13(20)9-24-17-18-6-7-23-17/h10H,3-9H2,1-2H3,(H,19,20)/t10-/m1/s1. The van der Waals surface area contributed by atoms with Crippen molar-refractivity contribution in [3.63, 3.8) is 0 Å². The van der Waals surface area contributed by atoms with Crippen LogP contribution in [0.25, 0.3) is 0 Å². The highest BCUT2D eigenvalue weighted by atomic mass is 32.2. The molecule has 0 unspecified atom stereocenters. The van der Waals surface area contributed by atoms with Crippen LogP contribution in [-0.4, -0.2) is 40.9 Å². The first-order valence-electron chi connectivity index (χ1n) is 8.50. The number of fused-ring (bicyclic) bond motifs is 1. The van der Waals surface area contributed by atoms with Gasteiger partial charge in [0.2, 0.25) is 5.91 Å². The summed E-state index contributed by atoms with van der Waals surface area (Å²) >= 11 is 4.68. The van der Waals surface area contributed by atoms with Crippen molar-refractivity contribution in [3.8, 4) is 0 Å². The number of rotatable bonds is 5. The van der Waals surface area contributed by atoms with E-state index in [4.69, 9.17) is 4.74 Å². The Morgan fingerprint density at radius 2 is 2.28 bits per heavy atom. The van der Waals surface area contributed by atoms with Gasteiger partial charge in [0.15, 0.2) is 0 Å². The molecule has 0 saturated heterocycles. The Morgan fingerprint density at radius 3 is 3.00 bits per heavy atom. The molecule has 1 aromatic heterocycles. The first-order valence-corrected chi connectivity index (χ1v) is 11.3. The summed E-state index contributed by atoms with van der Waals surface area (Å²) in [6.45, 7) is 5.19. The monoisotopic (exact) mass is 398 g/mol. The summed E-state index contributed by atoms with van der Waals surface area (Å²) in [4.78, 5) is 30.3. The quantitative estimate of drug-likeness (QED) is 0.764. The lowest BCUT2D eigenvalue weighted by molar-refractivity contribution is -0.113. The van der Waals surface area contributed by atoms with Crippen molar-refractivity contribution in [3.05, 3.63) is 16.0 Å². The van der Waals surface area contributed by atoms with Gasteiger partial charge in [0.1, 0.15) is 9.38 Å². The number of amides is 1. The van der Waals surface area contributed by atoms with Gasteiger partial charge in [-0.05, 0) is 37.7 Å². The Kier molecular flexibility index (Phi) is 6.46. The van der Waals surface area contributed by atoms with Gasteiger partial charge in [-0.2, -0.15) is 0 Å². The Balaban J connectivity index is 1.74. The highest BCUT2D eigenvalue weighted by Gasteiger charge is 2.29. The van der Waals surface area contributed by atoms with Crippen molar-refractivity contribution in [1.29, 1.82) is 0 Å². The molecule has 2 heterocycles. The van der Waals surface area contributed by atoms with Crippen LogP contribution < -0.4 is 5.32 Å². The number of thioether (sulfide) groups is 2. The predicted molar refractivity (Wildman–Crippen MR) is 107 cm³/mol. The second kappa shape index (κ2) is 8.60. The number of aliphatic imine (C=N–C) groups is 1. The minimum atomic E-state index is -0.326. The summed E-state index contributed by atoms with van der Waals surface area (Å²) in [5, 5.41) is 3.58. The third kappa shape index (κ3) is 4.60. The number of nitrogens with zero attached hydrogens (tertiary/aromatic N) is 1. The van der Waals surface area contributed by atoms with E-state index in [1.165, 1.54) is 28.0 Å². The zero-order chi connectivity index (χ0) is 17.8. The number of esters is 1. The molecule has 0 bridgehead atoms. The van der Waals surface area contributed by atoms with Crippen LogP contribution in [0.2, 0.25) is 0 Å². The number of hydrogen-bond donors (Lipinski definition) is 1. The van der Waals surface area contributed by atoms with E-state index in [1.54, 1.807) is 18.7 Å². The molecule has 1 aliphatic carbocycles. The summed E-state index contributed by atoms with van der Waals surface area (Å²) in [6.07, 6.45) is 2.90. The third-order valence-electron chi connectivity index (χ3n) is 4.13. The van der Waals surface area contributed by atoms with Gasteiger partial charge < -0.3 is 10.1 Å². The Bertz CT molecular complexity index is 700. The van der Waals surface area contributed by atoms with E-state index in [0.29, 0.717) is 28.8 Å². The molecule has 2 aliphatic rings. The van der Waals surface area contributed by atoms with Gasteiger partial charge in [-0.25, -0.2) is 4.79 Å². The van der Waals surface area contributed by atoms with Gasteiger partial charge in [-0.15, -0.1) is 11.3 Å². The van der Waals surface area contributed by atoms with Crippen molar-refractivity contribution in [2.24, 2.45) is 10.9 Å². The van der Waals surface area contributed by atoms with E-state index >= 15 is 0 Å². The molecule has 1 amide bonds. The normalized spacial score (nSPS) is 19.3. The van der Waals surface area contributed by atoms with Crippen LogP contribution in [0.1, 0.15) is 41.1 Å². The van der Waals surface area contributed by atoms with Gasteiger partial charge in [-0.1, -0.05) is 30.4 Å². The van der Waals surface area contributed by atoms with Gasteiger partial charge in [-0.3, -0.25) is 9.79 Å². The molecule has 0 fully saturated rings. The highest BCUT2D eigenvalue weighted by Crippen LogP contribution is 2.40. The van der Waals surface area contributed by atoms with E-state index in [1.807, 2.05) is 0 Å². The van der Waals surface area contributed by atoms with Crippen LogP contribution in [0.4, 0.5) is 5.00 Å². The fourth-order valence-electron chi connectivity index (χ4n) is 2.95. The molecular weight excluding hydrogens is 376 g/mol. The lowest BCUT2D eigenvalue weighted by atomic mass is 9.88. The molecule has 1 aliphatic heterocycles. The van der Waals surface area contributed by atoms with Crippen LogP contribution in [0.3, 0.4) is 0 Å². The van der Waals surface area contributed by atoms with E-state index in [0.717, 1.165) is 41.5 Å². The first-order chi connectivity index (χ1) is 12.1. The maximum atomic E-state index is 12.4. The zero-order valence-electron chi connectivity index (χ0n) is 14.4. The molecule has 1 N–H and O–H groups in total. The van der Waals surface area contributed by atoms with Crippen molar-refractivity contribution in [2.75, 3.05) is 30.0 Å². The van der Waals surface area contributed by atoms with Crippen molar-refractivity contribution >= 4 is 56.1 Å². The number of nitrogens with one attached hydrogen (secondary N) is 1. The summed E-state index contributed by atoms with van der Waals surface area (Å²) in [5.41, 5.74) is 1.64. The second-order valence-electron chi connectivity index (χ2n) is 6.11. The molecule has 1 atom stereocenters. The van der Waals surface area contributed by atoms with Crippen LogP contribution >= 0.6 is 34.9 Å². The van der Waals surface area contributed by atoms with Crippen molar-refractivity contribution < 1.29 is 14.3 Å². The van der Waals surface area contributed by atoms with Gasteiger partial charge in [0.25, 0.3) is 0 Å². The first kappa shape index (κ1) is 18.8. The summed E-state index contributed by atoms with van der Waals surface area (Å²) in [6, 6.07) is 0. The molecule has 0 aromatic carbocycles. The van der Waals surface area contributed by atoms with Gasteiger partial charge in [0.05, 0.1) is 24.5 Å².